The minimum atomic E-state index is -0.428. The average Bonchev–Trinajstić information content (AvgIpc) is 3.29. The SMILES string of the molecule is COc1ccc(NC(=O)OC[C@H]2C[C@@H]3CCN2C[C@H]3c2cc(-c3ccccc3OC)nn2C)cc1. The van der Waals surface area contributed by atoms with E-state index in [4.69, 9.17) is 19.3 Å². The molecule has 0 spiro atoms. The zero-order chi connectivity index (χ0) is 24.4. The molecular weight excluding hydrogens is 444 g/mol. The van der Waals surface area contributed by atoms with Crippen LogP contribution < -0.4 is 14.8 Å². The van der Waals surface area contributed by atoms with E-state index < -0.39 is 6.09 Å². The maximum atomic E-state index is 12.3. The van der Waals surface area contributed by atoms with Gasteiger partial charge in [0.25, 0.3) is 0 Å². The number of hydrogen-bond acceptors (Lipinski definition) is 6. The van der Waals surface area contributed by atoms with Gasteiger partial charge in [-0.15, -0.1) is 0 Å². The molecule has 1 unspecified atom stereocenters. The normalized spacial score (nSPS) is 23.1. The number of benzene rings is 2. The van der Waals surface area contributed by atoms with Crippen molar-refractivity contribution >= 4 is 11.8 Å². The summed E-state index contributed by atoms with van der Waals surface area (Å²) in [4.78, 5) is 14.8. The number of ether oxygens (including phenoxy) is 3. The Balaban J connectivity index is 1.21. The van der Waals surface area contributed by atoms with Crippen LogP contribution in [0.2, 0.25) is 0 Å². The van der Waals surface area contributed by atoms with Crippen LogP contribution in [0.3, 0.4) is 0 Å². The third-order valence-corrected chi connectivity index (χ3v) is 7.30. The third kappa shape index (κ3) is 4.84. The number of piperidine rings is 3. The quantitative estimate of drug-likeness (QED) is 0.540. The van der Waals surface area contributed by atoms with E-state index >= 15 is 0 Å². The highest BCUT2D eigenvalue weighted by atomic mass is 16.5. The van der Waals surface area contributed by atoms with Crippen molar-refractivity contribution in [1.82, 2.24) is 14.7 Å². The molecule has 3 fully saturated rings. The molecule has 3 aliphatic rings. The number of anilines is 1. The Bertz CT molecular complexity index is 1180. The summed E-state index contributed by atoms with van der Waals surface area (Å²) in [7, 11) is 5.33. The van der Waals surface area contributed by atoms with E-state index in [2.05, 4.69) is 16.3 Å². The number of aryl methyl sites for hydroxylation is 1. The van der Waals surface area contributed by atoms with Gasteiger partial charge in [-0.25, -0.2) is 4.79 Å². The van der Waals surface area contributed by atoms with Crippen LogP contribution in [0.5, 0.6) is 11.5 Å². The fraction of sp³-hybridized carbons (Fsp3) is 0.407. The van der Waals surface area contributed by atoms with Crippen molar-refractivity contribution in [1.29, 1.82) is 0 Å². The van der Waals surface area contributed by atoms with Gasteiger partial charge >= 0.3 is 6.09 Å². The van der Waals surface area contributed by atoms with Crippen molar-refractivity contribution in [3.8, 4) is 22.8 Å². The maximum absolute atomic E-state index is 12.3. The number of fused-ring (bicyclic) bond motifs is 3. The summed E-state index contributed by atoms with van der Waals surface area (Å²) < 4.78 is 18.3. The molecule has 1 aromatic heterocycles. The number of amides is 1. The second kappa shape index (κ2) is 10.00. The van der Waals surface area contributed by atoms with Crippen LogP contribution in [0.1, 0.15) is 24.5 Å². The minimum Gasteiger partial charge on any atom is -0.497 e. The van der Waals surface area contributed by atoms with Crippen LogP contribution in [-0.4, -0.2) is 60.7 Å². The molecule has 6 rings (SSSR count). The van der Waals surface area contributed by atoms with Crippen molar-refractivity contribution in [2.24, 2.45) is 13.0 Å². The van der Waals surface area contributed by atoms with Crippen LogP contribution in [0.15, 0.2) is 54.6 Å². The van der Waals surface area contributed by atoms with Gasteiger partial charge in [-0.05, 0) is 67.8 Å². The minimum absolute atomic E-state index is 0.244. The number of hydrogen-bond donors (Lipinski definition) is 1. The van der Waals surface area contributed by atoms with Gasteiger partial charge in [0, 0.05) is 42.5 Å². The van der Waals surface area contributed by atoms with Crippen molar-refractivity contribution in [3.05, 3.63) is 60.3 Å². The molecule has 1 amide bonds. The summed E-state index contributed by atoms with van der Waals surface area (Å²) in [6, 6.07) is 17.6. The van der Waals surface area contributed by atoms with E-state index in [1.807, 2.05) is 36.0 Å². The molecular formula is C27H32N4O4. The van der Waals surface area contributed by atoms with E-state index in [-0.39, 0.29) is 6.04 Å². The lowest BCUT2D eigenvalue weighted by Gasteiger charge is -2.49. The van der Waals surface area contributed by atoms with E-state index in [0.29, 0.717) is 24.1 Å². The molecule has 8 heteroatoms. The fourth-order valence-electron chi connectivity index (χ4n) is 5.46. The molecule has 2 aromatic carbocycles. The summed E-state index contributed by atoms with van der Waals surface area (Å²) in [5, 5.41) is 7.60. The molecule has 0 radical (unpaired) electrons. The molecule has 3 saturated heterocycles. The van der Waals surface area contributed by atoms with Gasteiger partial charge in [-0.1, -0.05) is 12.1 Å². The lowest BCUT2D eigenvalue weighted by molar-refractivity contribution is -0.00222. The van der Waals surface area contributed by atoms with Gasteiger partial charge in [0.1, 0.15) is 18.1 Å². The molecule has 8 nitrogen and oxygen atoms in total. The van der Waals surface area contributed by atoms with E-state index in [0.717, 1.165) is 48.7 Å². The summed E-state index contributed by atoms with van der Waals surface area (Å²) in [5.41, 5.74) is 3.87. The van der Waals surface area contributed by atoms with Gasteiger partial charge in [0.05, 0.1) is 19.9 Å². The van der Waals surface area contributed by atoms with Crippen molar-refractivity contribution in [2.45, 2.75) is 24.8 Å². The number of aromatic nitrogens is 2. The Hall–Kier alpha value is -3.52. The Morgan fingerprint density at radius 3 is 2.63 bits per heavy atom. The zero-order valence-corrected chi connectivity index (χ0v) is 20.4. The highest BCUT2D eigenvalue weighted by Gasteiger charge is 2.42. The molecule has 0 aliphatic carbocycles. The first kappa shape index (κ1) is 23.2. The Morgan fingerprint density at radius 2 is 1.91 bits per heavy atom. The van der Waals surface area contributed by atoms with Crippen molar-refractivity contribution in [3.63, 3.8) is 0 Å². The Morgan fingerprint density at radius 1 is 1.11 bits per heavy atom. The number of para-hydroxylation sites is 1. The first-order valence-corrected chi connectivity index (χ1v) is 12.0. The number of carbonyl (C=O) groups excluding carboxylic acids is 1. The fourth-order valence-corrected chi connectivity index (χ4v) is 5.46. The summed E-state index contributed by atoms with van der Waals surface area (Å²) in [5.74, 6) is 2.53. The third-order valence-electron chi connectivity index (χ3n) is 7.30. The number of nitrogens with zero attached hydrogens (tertiary/aromatic N) is 3. The Kier molecular flexibility index (Phi) is 6.63. The second-order valence-corrected chi connectivity index (χ2v) is 9.27. The number of nitrogens with one attached hydrogen (secondary N) is 1. The molecule has 3 aromatic rings. The van der Waals surface area contributed by atoms with E-state index in [1.165, 1.54) is 5.69 Å². The van der Waals surface area contributed by atoms with Crippen molar-refractivity contribution in [2.75, 3.05) is 39.2 Å². The van der Waals surface area contributed by atoms with Gasteiger partial charge in [0.15, 0.2) is 0 Å². The van der Waals surface area contributed by atoms with Gasteiger partial charge in [0.2, 0.25) is 0 Å². The van der Waals surface area contributed by atoms with Crippen molar-refractivity contribution < 1.29 is 19.0 Å². The lowest BCUT2D eigenvalue weighted by atomic mass is 9.74. The first-order chi connectivity index (χ1) is 17.1. The molecule has 0 saturated carbocycles. The number of methoxy groups -OCH3 is 2. The van der Waals surface area contributed by atoms with Crippen LogP contribution in [0, 0.1) is 5.92 Å². The van der Waals surface area contributed by atoms with Crippen LogP contribution in [0.4, 0.5) is 10.5 Å². The molecule has 3 aliphatic heterocycles. The van der Waals surface area contributed by atoms with Crippen LogP contribution in [0.25, 0.3) is 11.3 Å². The Labute approximate surface area is 205 Å². The molecule has 4 atom stereocenters. The highest BCUT2D eigenvalue weighted by Crippen LogP contribution is 2.43. The highest BCUT2D eigenvalue weighted by molar-refractivity contribution is 5.84. The molecule has 35 heavy (non-hydrogen) atoms. The molecule has 4 heterocycles. The van der Waals surface area contributed by atoms with Gasteiger partial charge in [-0.2, -0.15) is 5.10 Å². The maximum Gasteiger partial charge on any atom is 0.411 e. The zero-order valence-electron chi connectivity index (χ0n) is 20.4. The molecule has 2 bridgehead atoms. The van der Waals surface area contributed by atoms with Gasteiger partial charge < -0.3 is 14.2 Å². The average molecular weight is 477 g/mol. The molecule has 184 valence electrons. The standard InChI is InChI=1S/C27H32N4O4/c1-30-25(15-24(29-30)22-6-4-5-7-26(22)34-3)23-16-31-13-12-18(23)14-20(31)17-35-27(32)28-19-8-10-21(33-2)11-9-19/h4-11,15,18,20,23H,12-14,16-17H2,1-3H3,(H,28,32)/t18-,20+,23+/m0/s1. The summed E-state index contributed by atoms with van der Waals surface area (Å²) in [6.07, 6.45) is 1.73. The topological polar surface area (TPSA) is 77.8 Å². The monoisotopic (exact) mass is 476 g/mol. The first-order valence-electron chi connectivity index (χ1n) is 12.0. The van der Waals surface area contributed by atoms with Gasteiger partial charge in [-0.3, -0.25) is 14.9 Å². The van der Waals surface area contributed by atoms with E-state index in [1.54, 1.807) is 38.5 Å². The number of carbonyl (C=O) groups is 1. The predicted octanol–water partition coefficient (Wildman–Crippen LogP) is 4.53. The summed E-state index contributed by atoms with van der Waals surface area (Å²) >= 11 is 0. The second-order valence-electron chi connectivity index (χ2n) is 9.27. The number of rotatable bonds is 7. The van der Waals surface area contributed by atoms with Crippen LogP contribution >= 0.6 is 0 Å². The largest absolute Gasteiger partial charge is 0.497 e. The smallest absolute Gasteiger partial charge is 0.411 e. The summed E-state index contributed by atoms with van der Waals surface area (Å²) in [6.45, 7) is 2.37. The van der Waals surface area contributed by atoms with E-state index in [9.17, 15) is 4.79 Å². The predicted molar refractivity (Wildman–Crippen MR) is 134 cm³/mol. The van der Waals surface area contributed by atoms with Crippen LogP contribution in [-0.2, 0) is 11.8 Å². The molecule has 1 N–H and O–H groups in total. The lowest BCUT2D eigenvalue weighted by Crippen LogP contribution is -2.54.